The molecular formula is C22H21N7S. The molecule has 0 aliphatic carbocycles. The van der Waals surface area contributed by atoms with Gasteiger partial charge < -0.3 is 16.4 Å². The van der Waals surface area contributed by atoms with Gasteiger partial charge in [-0.25, -0.2) is 0 Å². The van der Waals surface area contributed by atoms with E-state index in [4.69, 9.17) is 5.73 Å². The van der Waals surface area contributed by atoms with Crippen molar-refractivity contribution in [1.29, 1.82) is 0 Å². The summed E-state index contributed by atoms with van der Waals surface area (Å²) in [5.74, 6) is 1.54. The highest BCUT2D eigenvalue weighted by atomic mass is 32.1. The van der Waals surface area contributed by atoms with Gasteiger partial charge in [-0.2, -0.15) is 15.1 Å². The van der Waals surface area contributed by atoms with Gasteiger partial charge in [-0.1, -0.05) is 18.2 Å². The number of nitrogens with zero attached hydrogens (tertiary/aromatic N) is 3. The summed E-state index contributed by atoms with van der Waals surface area (Å²) in [7, 11) is 0. The van der Waals surface area contributed by atoms with Crippen molar-refractivity contribution in [1.82, 2.24) is 20.2 Å². The number of H-pyrrole nitrogens is 1. The van der Waals surface area contributed by atoms with E-state index in [9.17, 15) is 0 Å². The third-order valence-electron chi connectivity index (χ3n) is 4.69. The Hall–Kier alpha value is -3.65. The standard InChI is InChI=1S/C22H21N7S/c1-12(2)25-19-10-20(28-22(23)27-19)26-15-7-14-11-24-29-21(14)16(9-15)18-8-13-5-3-4-6-17(13)30-18/h3-12H,1-2H3,(H,24,29)(H4,23,25,26,27,28). The molecule has 0 aliphatic heterocycles. The molecule has 3 aromatic heterocycles. The second-order valence-corrected chi connectivity index (χ2v) is 8.51. The number of benzene rings is 2. The zero-order valence-corrected chi connectivity index (χ0v) is 17.4. The van der Waals surface area contributed by atoms with Crippen LogP contribution in [0.25, 0.3) is 31.4 Å². The summed E-state index contributed by atoms with van der Waals surface area (Å²) < 4.78 is 1.26. The van der Waals surface area contributed by atoms with Crippen LogP contribution in [-0.4, -0.2) is 26.2 Å². The highest BCUT2D eigenvalue weighted by Crippen LogP contribution is 2.38. The monoisotopic (exact) mass is 415 g/mol. The quantitative estimate of drug-likeness (QED) is 0.307. The van der Waals surface area contributed by atoms with E-state index in [0.717, 1.165) is 22.2 Å². The van der Waals surface area contributed by atoms with Crippen molar-refractivity contribution in [3.05, 3.63) is 54.7 Å². The van der Waals surface area contributed by atoms with E-state index in [1.165, 1.54) is 15.0 Å². The Balaban J connectivity index is 1.57. The molecule has 0 radical (unpaired) electrons. The van der Waals surface area contributed by atoms with Gasteiger partial charge in [-0.3, -0.25) is 5.10 Å². The van der Waals surface area contributed by atoms with Crippen LogP contribution < -0.4 is 16.4 Å². The first-order valence-electron chi connectivity index (χ1n) is 9.69. The number of anilines is 4. The summed E-state index contributed by atoms with van der Waals surface area (Å²) in [6.07, 6.45) is 1.83. The van der Waals surface area contributed by atoms with E-state index in [1.54, 1.807) is 11.3 Å². The minimum Gasteiger partial charge on any atom is -0.368 e. The van der Waals surface area contributed by atoms with Crippen LogP contribution in [0.4, 0.5) is 23.3 Å². The first-order chi connectivity index (χ1) is 14.5. The van der Waals surface area contributed by atoms with Gasteiger partial charge in [-0.15, -0.1) is 11.3 Å². The number of nitrogens with one attached hydrogen (secondary N) is 3. The van der Waals surface area contributed by atoms with E-state index in [-0.39, 0.29) is 12.0 Å². The number of rotatable bonds is 5. The van der Waals surface area contributed by atoms with Crippen LogP contribution in [0.3, 0.4) is 0 Å². The molecule has 0 fully saturated rings. The smallest absolute Gasteiger partial charge is 0.223 e. The molecule has 2 aromatic carbocycles. The molecule has 7 nitrogen and oxygen atoms in total. The zero-order valence-electron chi connectivity index (χ0n) is 16.6. The van der Waals surface area contributed by atoms with Crippen molar-refractivity contribution in [3.8, 4) is 10.4 Å². The Bertz CT molecular complexity index is 1320. The number of aromatic nitrogens is 4. The fraction of sp³-hybridized carbons (Fsp3) is 0.136. The molecule has 0 amide bonds. The Labute approximate surface area is 177 Å². The molecule has 0 saturated heterocycles. The molecule has 5 N–H and O–H groups in total. The van der Waals surface area contributed by atoms with Crippen molar-refractivity contribution in [3.63, 3.8) is 0 Å². The zero-order chi connectivity index (χ0) is 20.7. The Morgan fingerprint density at radius 3 is 2.67 bits per heavy atom. The molecular weight excluding hydrogens is 394 g/mol. The maximum Gasteiger partial charge on any atom is 0.223 e. The molecule has 3 heterocycles. The van der Waals surface area contributed by atoms with Crippen LogP contribution in [-0.2, 0) is 0 Å². The summed E-state index contributed by atoms with van der Waals surface area (Å²) >= 11 is 1.76. The molecule has 5 rings (SSSR count). The third-order valence-corrected chi connectivity index (χ3v) is 5.84. The number of nitrogen functional groups attached to an aromatic ring is 1. The first kappa shape index (κ1) is 18.4. The van der Waals surface area contributed by atoms with Crippen molar-refractivity contribution in [2.75, 3.05) is 16.4 Å². The summed E-state index contributed by atoms with van der Waals surface area (Å²) in [6, 6.07) is 16.9. The predicted molar refractivity (Wildman–Crippen MR) is 125 cm³/mol. The molecule has 0 saturated carbocycles. The second kappa shape index (κ2) is 7.31. The Morgan fingerprint density at radius 2 is 1.83 bits per heavy atom. The van der Waals surface area contributed by atoms with E-state index in [2.05, 4.69) is 81.0 Å². The highest BCUT2D eigenvalue weighted by molar-refractivity contribution is 7.22. The molecule has 5 aromatic rings. The van der Waals surface area contributed by atoms with Gasteiger partial charge in [0, 0.05) is 38.3 Å². The average Bonchev–Trinajstić information content (AvgIpc) is 3.33. The van der Waals surface area contributed by atoms with Gasteiger partial charge in [-0.05, 0) is 43.5 Å². The van der Waals surface area contributed by atoms with Gasteiger partial charge in [0.2, 0.25) is 5.95 Å². The third kappa shape index (κ3) is 3.53. The number of nitrogens with two attached hydrogens (primary N) is 1. The lowest BCUT2D eigenvalue weighted by Crippen LogP contribution is -2.12. The van der Waals surface area contributed by atoms with Crippen molar-refractivity contribution in [2.24, 2.45) is 0 Å². The van der Waals surface area contributed by atoms with Crippen LogP contribution in [0.1, 0.15) is 13.8 Å². The molecule has 0 aliphatic rings. The number of hydrogen-bond acceptors (Lipinski definition) is 7. The number of thiophene rings is 1. The Morgan fingerprint density at radius 1 is 1.00 bits per heavy atom. The lowest BCUT2D eigenvalue weighted by atomic mass is 10.1. The first-order valence-corrected chi connectivity index (χ1v) is 10.5. The normalized spacial score (nSPS) is 11.4. The molecule has 150 valence electrons. The number of fused-ring (bicyclic) bond motifs is 2. The van der Waals surface area contributed by atoms with Gasteiger partial charge in [0.1, 0.15) is 11.6 Å². The van der Waals surface area contributed by atoms with Crippen LogP contribution in [0.2, 0.25) is 0 Å². The van der Waals surface area contributed by atoms with Crippen LogP contribution >= 0.6 is 11.3 Å². The molecule has 8 heteroatoms. The number of hydrogen-bond donors (Lipinski definition) is 4. The van der Waals surface area contributed by atoms with Gasteiger partial charge >= 0.3 is 0 Å². The minimum absolute atomic E-state index is 0.220. The fourth-order valence-electron chi connectivity index (χ4n) is 3.49. The molecule has 30 heavy (non-hydrogen) atoms. The van der Waals surface area contributed by atoms with Crippen molar-refractivity contribution < 1.29 is 0 Å². The molecule has 0 atom stereocenters. The van der Waals surface area contributed by atoms with Gasteiger partial charge in [0.15, 0.2) is 0 Å². The van der Waals surface area contributed by atoms with E-state index in [0.29, 0.717) is 11.6 Å². The molecule has 0 spiro atoms. The van der Waals surface area contributed by atoms with E-state index < -0.39 is 0 Å². The summed E-state index contributed by atoms with van der Waals surface area (Å²) in [5.41, 5.74) is 8.92. The minimum atomic E-state index is 0.220. The Kier molecular flexibility index (Phi) is 4.48. The van der Waals surface area contributed by atoms with Gasteiger partial charge in [0.25, 0.3) is 0 Å². The summed E-state index contributed by atoms with van der Waals surface area (Å²) in [6.45, 7) is 4.10. The second-order valence-electron chi connectivity index (χ2n) is 7.43. The van der Waals surface area contributed by atoms with Gasteiger partial charge in [0.05, 0.1) is 11.7 Å². The maximum atomic E-state index is 5.91. The van der Waals surface area contributed by atoms with E-state index >= 15 is 0 Å². The summed E-state index contributed by atoms with van der Waals surface area (Å²) in [4.78, 5) is 9.76. The lowest BCUT2D eigenvalue weighted by Gasteiger charge is -2.13. The van der Waals surface area contributed by atoms with E-state index in [1.807, 2.05) is 18.3 Å². The lowest BCUT2D eigenvalue weighted by molar-refractivity contribution is 0.888. The van der Waals surface area contributed by atoms with Crippen LogP contribution in [0, 0.1) is 0 Å². The summed E-state index contributed by atoms with van der Waals surface area (Å²) in [5, 5.41) is 16.3. The molecule has 0 bridgehead atoms. The van der Waals surface area contributed by atoms with Crippen LogP contribution in [0.15, 0.2) is 54.7 Å². The van der Waals surface area contributed by atoms with Crippen molar-refractivity contribution in [2.45, 2.75) is 19.9 Å². The highest BCUT2D eigenvalue weighted by Gasteiger charge is 2.12. The largest absolute Gasteiger partial charge is 0.368 e. The fourth-order valence-corrected chi connectivity index (χ4v) is 4.57. The topological polar surface area (TPSA) is 105 Å². The number of aromatic amines is 1. The average molecular weight is 416 g/mol. The molecule has 0 unspecified atom stereocenters. The SMILES string of the molecule is CC(C)Nc1cc(Nc2cc(-c3cc4ccccc4s3)c3[nH]ncc3c2)nc(N)n1. The van der Waals surface area contributed by atoms with Crippen molar-refractivity contribution >= 4 is 55.6 Å². The maximum absolute atomic E-state index is 5.91. The predicted octanol–water partition coefficient (Wildman–Crippen LogP) is 5.38. The van der Waals surface area contributed by atoms with Crippen LogP contribution in [0.5, 0.6) is 0 Å².